The Kier molecular flexibility index (Phi) is 5.57. The minimum atomic E-state index is -0.0630. The third-order valence-electron chi connectivity index (χ3n) is 6.45. The summed E-state index contributed by atoms with van der Waals surface area (Å²) in [5.74, 6) is 1.42. The zero-order chi connectivity index (χ0) is 22.1. The molecule has 0 aliphatic carbocycles. The first-order chi connectivity index (χ1) is 15.6. The highest BCUT2D eigenvalue weighted by Crippen LogP contribution is 2.34. The van der Waals surface area contributed by atoms with E-state index in [2.05, 4.69) is 28.2 Å². The number of hydrogen-bond acceptors (Lipinski definition) is 5. The lowest BCUT2D eigenvalue weighted by Gasteiger charge is -2.30. The number of ketones is 1. The van der Waals surface area contributed by atoms with Gasteiger partial charge in [0.05, 0.1) is 6.54 Å². The number of piperidine rings is 1. The molecule has 0 bridgehead atoms. The molecule has 3 heterocycles. The predicted octanol–water partition coefficient (Wildman–Crippen LogP) is 3.99. The van der Waals surface area contributed by atoms with Crippen molar-refractivity contribution in [2.75, 3.05) is 31.7 Å². The highest BCUT2D eigenvalue weighted by atomic mass is 16.7. The van der Waals surface area contributed by atoms with E-state index >= 15 is 0 Å². The zero-order valence-corrected chi connectivity index (χ0v) is 18.1. The number of nitrogens with one attached hydrogen (secondary N) is 2. The van der Waals surface area contributed by atoms with Crippen LogP contribution in [-0.4, -0.2) is 48.0 Å². The van der Waals surface area contributed by atoms with Gasteiger partial charge in [0, 0.05) is 40.3 Å². The molecule has 1 fully saturated rings. The molecule has 32 heavy (non-hydrogen) atoms. The summed E-state index contributed by atoms with van der Waals surface area (Å²) in [6.07, 6.45) is 4.22. The fourth-order valence-electron chi connectivity index (χ4n) is 4.60. The summed E-state index contributed by atoms with van der Waals surface area (Å²) < 4.78 is 10.7. The molecule has 5 rings (SSSR count). The van der Waals surface area contributed by atoms with Gasteiger partial charge in [0.15, 0.2) is 17.3 Å². The second kappa shape index (κ2) is 8.67. The van der Waals surface area contributed by atoms with Crippen molar-refractivity contribution in [3.63, 3.8) is 0 Å². The number of amides is 1. The number of aromatic nitrogens is 1. The first kappa shape index (κ1) is 20.6. The van der Waals surface area contributed by atoms with Crippen LogP contribution in [0.1, 0.15) is 35.7 Å². The Morgan fingerprint density at radius 2 is 1.94 bits per heavy atom. The minimum Gasteiger partial charge on any atom is -0.454 e. The third kappa shape index (κ3) is 3.96. The summed E-state index contributed by atoms with van der Waals surface area (Å²) in [6.45, 7) is 4.16. The maximum atomic E-state index is 13.0. The molecule has 3 aromatic rings. The van der Waals surface area contributed by atoms with Gasteiger partial charge in [0.1, 0.15) is 0 Å². The lowest BCUT2D eigenvalue weighted by molar-refractivity contribution is -0.121. The first-order valence-corrected chi connectivity index (χ1v) is 11.2. The Hall–Kier alpha value is -3.32. The molecule has 1 amide bonds. The fraction of sp³-hybridized carbons (Fsp3) is 0.360. The normalized spacial score (nSPS) is 16.4. The van der Waals surface area contributed by atoms with E-state index in [9.17, 15) is 9.59 Å². The minimum absolute atomic E-state index is 0.0126. The van der Waals surface area contributed by atoms with Crippen molar-refractivity contribution in [3.8, 4) is 11.5 Å². The van der Waals surface area contributed by atoms with Gasteiger partial charge in [-0.15, -0.1) is 0 Å². The third-order valence-corrected chi connectivity index (χ3v) is 6.45. The van der Waals surface area contributed by atoms with E-state index in [0.29, 0.717) is 23.7 Å². The van der Waals surface area contributed by atoms with Crippen LogP contribution in [-0.2, 0) is 11.2 Å². The Labute approximate surface area is 186 Å². The van der Waals surface area contributed by atoms with Gasteiger partial charge in [0.2, 0.25) is 12.7 Å². The van der Waals surface area contributed by atoms with Crippen LogP contribution >= 0.6 is 0 Å². The number of rotatable bonds is 6. The summed E-state index contributed by atoms with van der Waals surface area (Å²) in [5, 5.41) is 3.98. The number of H-pyrrole nitrogens is 1. The number of carbonyl (C=O) groups is 2. The monoisotopic (exact) mass is 433 g/mol. The van der Waals surface area contributed by atoms with Gasteiger partial charge >= 0.3 is 0 Å². The number of carbonyl (C=O) groups excluding carboxylic acids is 2. The first-order valence-electron chi connectivity index (χ1n) is 11.2. The SMILES string of the molecule is CCc1cccc2c(C(=O)CN3CCC(C(=O)Nc4ccc5c(c4)OCO5)CC3)c[nH]c12. The quantitative estimate of drug-likeness (QED) is 0.575. The highest BCUT2D eigenvalue weighted by molar-refractivity contribution is 6.09. The summed E-state index contributed by atoms with van der Waals surface area (Å²) in [6, 6.07) is 11.5. The number of likely N-dealkylation sites (tertiary alicyclic amines) is 1. The average molecular weight is 434 g/mol. The number of ether oxygens (including phenoxy) is 2. The fourth-order valence-corrected chi connectivity index (χ4v) is 4.60. The molecule has 166 valence electrons. The van der Waals surface area contributed by atoms with Crippen LogP contribution < -0.4 is 14.8 Å². The van der Waals surface area contributed by atoms with Crippen molar-refractivity contribution in [3.05, 3.63) is 53.7 Å². The summed E-state index contributed by atoms with van der Waals surface area (Å²) >= 11 is 0. The standard InChI is InChI=1S/C25H27N3O4/c1-2-16-4-3-5-19-20(13-26-24(16)19)21(29)14-28-10-8-17(9-11-28)25(30)27-18-6-7-22-23(12-18)32-15-31-22/h3-7,12-13,17,26H,2,8-11,14-15H2,1H3,(H,27,30). The van der Waals surface area contributed by atoms with Gasteiger partial charge in [-0.25, -0.2) is 0 Å². The molecule has 7 nitrogen and oxygen atoms in total. The molecule has 0 atom stereocenters. The van der Waals surface area contributed by atoms with Crippen LogP contribution in [0.5, 0.6) is 11.5 Å². The van der Waals surface area contributed by atoms with E-state index in [1.54, 1.807) is 12.1 Å². The average Bonchev–Trinajstić information content (AvgIpc) is 3.46. The molecule has 2 aliphatic heterocycles. The van der Waals surface area contributed by atoms with Crippen molar-refractivity contribution in [2.24, 2.45) is 5.92 Å². The number of hydrogen-bond donors (Lipinski definition) is 2. The number of para-hydroxylation sites is 1. The topological polar surface area (TPSA) is 83.7 Å². The maximum Gasteiger partial charge on any atom is 0.231 e. The number of Topliss-reactive ketones (excluding diaryl/α,β-unsaturated/α-hetero) is 1. The molecule has 0 unspecified atom stereocenters. The number of fused-ring (bicyclic) bond motifs is 2. The molecule has 7 heteroatoms. The molecule has 0 saturated carbocycles. The van der Waals surface area contributed by atoms with Crippen LogP contribution in [0.4, 0.5) is 5.69 Å². The van der Waals surface area contributed by atoms with Gasteiger partial charge in [-0.3, -0.25) is 14.5 Å². The molecule has 0 spiro atoms. The van der Waals surface area contributed by atoms with Gasteiger partial charge in [-0.05, 0) is 50.0 Å². The van der Waals surface area contributed by atoms with Crippen LogP contribution in [0, 0.1) is 5.92 Å². The Morgan fingerprint density at radius 1 is 1.12 bits per heavy atom. The van der Waals surface area contributed by atoms with Gasteiger partial charge < -0.3 is 19.8 Å². The van der Waals surface area contributed by atoms with Gasteiger partial charge in [-0.2, -0.15) is 0 Å². The van der Waals surface area contributed by atoms with Crippen molar-refractivity contribution in [1.82, 2.24) is 9.88 Å². The summed E-state index contributed by atoms with van der Waals surface area (Å²) in [5.41, 5.74) is 3.73. The molecule has 1 saturated heterocycles. The summed E-state index contributed by atoms with van der Waals surface area (Å²) in [7, 11) is 0. The van der Waals surface area contributed by atoms with Gasteiger partial charge in [-0.1, -0.05) is 25.1 Å². The Bertz CT molecular complexity index is 1160. The van der Waals surface area contributed by atoms with Gasteiger partial charge in [0.25, 0.3) is 0 Å². The van der Waals surface area contributed by atoms with Crippen LogP contribution in [0.15, 0.2) is 42.6 Å². The van der Waals surface area contributed by atoms with E-state index < -0.39 is 0 Å². The Balaban J connectivity index is 1.16. The zero-order valence-electron chi connectivity index (χ0n) is 18.1. The van der Waals surface area contributed by atoms with E-state index in [0.717, 1.165) is 48.8 Å². The predicted molar refractivity (Wildman–Crippen MR) is 122 cm³/mol. The number of nitrogens with zero attached hydrogens (tertiary/aromatic N) is 1. The van der Waals surface area contributed by atoms with E-state index in [1.807, 2.05) is 24.4 Å². The van der Waals surface area contributed by atoms with Crippen molar-refractivity contribution in [1.29, 1.82) is 0 Å². The number of aromatic amines is 1. The molecular weight excluding hydrogens is 406 g/mol. The van der Waals surface area contributed by atoms with Crippen LogP contribution in [0.2, 0.25) is 0 Å². The molecule has 0 radical (unpaired) electrons. The number of benzene rings is 2. The summed E-state index contributed by atoms with van der Waals surface area (Å²) in [4.78, 5) is 31.1. The molecular formula is C25H27N3O4. The second-order valence-corrected chi connectivity index (χ2v) is 8.43. The number of aryl methyl sites for hydroxylation is 1. The highest BCUT2D eigenvalue weighted by Gasteiger charge is 2.27. The smallest absolute Gasteiger partial charge is 0.231 e. The second-order valence-electron chi connectivity index (χ2n) is 8.43. The molecule has 2 N–H and O–H groups in total. The van der Waals surface area contributed by atoms with E-state index in [1.165, 1.54) is 5.56 Å². The largest absolute Gasteiger partial charge is 0.454 e. The van der Waals surface area contributed by atoms with Crippen molar-refractivity contribution >= 4 is 28.3 Å². The number of anilines is 1. The van der Waals surface area contributed by atoms with E-state index in [4.69, 9.17) is 9.47 Å². The molecule has 1 aromatic heterocycles. The Morgan fingerprint density at radius 3 is 2.75 bits per heavy atom. The lowest BCUT2D eigenvalue weighted by atomic mass is 9.95. The van der Waals surface area contributed by atoms with E-state index in [-0.39, 0.29) is 24.4 Å². The molecule has 2 aliphatic rings. The van der Waals surface area contributed by atoms with Crippen LogP contribution in [0.3, 0.4) is 0 Å². The van der Waals surface area contributed by atoms with Crippen molar-refractivity contribution < 1.29 is 19.1 Å². The maximum absolute atomic E-state index is 13.0. The van der Waals surface area contributed by atoms with Crippen LogP contribution in [0.25, 0.3) is 10.9 Å². The molecule has 2 aromatic carbocycles. The lowest BCUT2D eigenvalue weighted by Crippen LogP contribution is -2.40. The van der Waals surface area contributed by atoms with Crippen molar-refractivity contribution in [2.45, 2.75) is 26.2 Å².